The van der Waals surface area contributed by atoms with Gasteiger partial charge in [0.05, 0.1) is 0 Å². The minimum absolute atomic E-state index is 0.474. The Morgan fingerprint density at radius 3 is 1.77 bits per heavy atom. The zero-order chi connectivity index (χ0) is 24.5. The molecule has 0 saturated carbocycles. The molecule has 0 aromatic heterocycles. The van der Waals surface area contributed by atoms with Crippen molar-refractivity contribution < 1.29 is 8.78 Å². The molecule has 30 heavy (non-hydrogen) atoms. The van der Waals surface area contributed by atoms with Crippen molar-refractivity contribution in [1.29, 1.82) is 0 Å². The maximum absolute atomic E-state index is 12.2. The Morgan fingerprint density at radius 1 is 0.900 bits per heavy atom. The smallest absolute Gasteiger partial charge is 0.111 e. The fourth-order valence-electron chi connectivity index (χ4n) is 2.58. The Kier molecular flexibility index (Phi) is 32.7. The Labute approximate surface area is 188 Å². The summed E-state index contributed by atoms with van der Waals surface area (Å²) in [6.45, 7) is 20.0. The lowest BCUT2D eigenvalue weighted by Crippen LogP contribution is -2.02. The van der Waals surface area contributed by atoms with Gasteiger partial charge < -0.3 is 0 Å². The van der Waals surface area contributed by atoms with Crippen LogP contribution >= 0.6 is 0 Å². The van der Waals surface area contributed by atoms with Gasteiger partial charge in [-0.15, -0.1) is 12.8 Å². The van der Waals surface area contributed by atoms with E-state index in [4.69, 9.17) is 0 Å². The van der Waals surface area contributed by atoms with E-state index in [0.29, 0.717) is 12.0 Å². The molecule has 0 aliphatic heterocycles. The van der Waals surface area contributed by atoms with Gasteiger partial charge in [-0.3, -0.25) is 0 Å². The van der Waals surface area contributed by atoms with Crippen LogP contribution < -0.4 is 0 Å². The van der Waals surface area contributed by atoms with Gasteiger partial charge in [-0.2, -0.15) is 0 Å². The van der Waals surface area contributed by atoms with Crippen LogP contribution in [0.15, 0.2) is 46.6 Å². The van der Waals surface area contributed by atoms with Crippen LogP contribution in [0, 0.1) is 24.7 Å². The van der Waals surface area contributed by atoms with Crippen molar-refractivity contribution in [3.05, 3.63) is 46.6 Å². The van der Waals surface area contributed by atoms with Crippen molar-refractivity contribution in [1.82, 2.24) is 0 Å². The van der Waals surface area contributed by atoms with Crippen LogP contribution in [0.2, 0.25) is 0 Å². The van der Waals surface area contributed by atoms with Crippen LogP contribution in [-0.4, -0.2) is 13.3 Å². The van der Waals surface area contributed by atoms with Gasteiger partial charge >= 0.3 is 0 Å². The summed E-state index contributed by atoms with van der Waals surface area (Å²) in [5.41, 5.74) is 4.21. The molecule has 176 valence electrons. The van der Waals surface area contributed by atoms with Crippen LogP contribution in [0.3, 0.4) is 0 Å². The van der Waals surface area contributed by atoms with E-state index in [1.54, 1.807) is 18.6 Å². The first-order chi connectivity index (χ1) is 14.2. The molecule has 0 nitrogen and oxygen atoms in total. The summed E-state index contributed by atoms with van der Waals surface area (Å²) >= 11 is 0. The summed E-state index contributed by atoms with van der Waals surface area (Å²) in [6, 6.07) is 0. The van der Waals surface area contributed by atoms with E-state index < -0.39 is 13.3 Å². The van der Waals surface area contributed by atoms with Crippen molar-refractivity contribution in [3.63, 3.8) is 0 Å². The van der Waals surface area contributed by atoms with E-state index in [-0.39, 0.29) is 0 Å². The van der Waals surface area contributed by atoms with E-state index in [1.807, 2.05) is 33.8 Å². The molecular weight excluding hydrogens is 374 g/mol. The van der Waals surface area contributed by atoms with Crippen LogP contribution in [0.25, 0.3) is 0 Å². The SMILES string of the molecule is C#C.C/C=C(/C)CC(/C=C(/C)CF)=C/CF.C/C=C(\C)C(CC)CCC(C)C.CC. The first kappa shape index (κ1) is 35.8. The molecule has 0 N–H and O–H groups in total. The molecule has 0 aromatic carbocycles. The molecule has 0 aromatic rings. The monoisotopic (exact) mass is 424 g/mol. The maximum Gasteiger partial charge on any atom is 0.111 e. The van der Waals surface area contributed by atoms with Crippen molar-refractivity contribution >= 4 is 0 Å². The molecule has 0 fully saturated rings. The third-order valence-electron chi connectivity index (χ3n) is 4.64. The zero-order valence-corrected chi connectivity index (χ0v) is 21.6. The van der Waals surface area contributed by atoms with Crippen LogP contribution in [-0.2, 0) is 0 Å². The predicted molar refractivity (Wildman–Crippen MR) is 136 cm³/mol. The van der Waals surface area contributed by atoms with Crippen molar-refractivity contribution in [3.8, 4) is 12.8 Å². The van der Waals surface area contributed by atoms with Gasteiger partial charge in [-0.1, -0.05) is 76.5 Å². The highest BCUT2D eigenvalue weighted by molar-refractivity contribution is 5.27. The van der Waals surface area contributed by atoms with Gasteiger partial charge in [0.15, 0.2) is 0 Å². The number of halogens is 2. The van der Waals surface area contributed by atoms with Crippen LogP contribution in [0.4, 0.5) is 8.78 Å². The van der Waals surface area contributed by atoms with E-state index in [0.717, 1.165) is 23.0 Å². The molecule has 0 aliphatic rings. The quantitative estimate of drug-likeness (QED) is 0.186. The average molecular weight is 425 g/mol. The summed E-state index contributed by atoms with van der Waals surface area (Å²) in [5, 5.41) is 0. The summed E-state index contributed by atoms with van der Waals surface area (Å²) in [5.74, 6) is 1.68. The van der Waals surface area contributed by atoms with Gasteiger partial charge in [-0.05, 0) is 76.9 Å². The number of rotatable bonds is 10. The normalized spacial score (nSPS) is 13.3. The Bertz CT molecular complexity index is 502. The van der Waals surface area contributed by atoms with Crippen molar-refractivity contribution in [2.75, 3.05) is 13.3 Å². The van der Waals surface area contributed by atoms with Crippen molar-refractivity contribution in [2.24, 2.45) is 11.8 Å². The first-order valence-electron chi connectivity index (χ1n) is 11.3. The molecule has 0 radical (unpaired) electrons. The maximum atomic E-state index is 12.2. The van der Waals surface area contributed by atoms with E-state index in [2.05, 4.69) is 53.5 Å². The fraction of sp³-hybridized carbons (Fsp3) is 0.643. The molecule has 0 bridgehead atoms. The zero-order valence-electron chi connectivity index (χ0n) is 21.6. The van der Waals surface area contributed by atoms with Gasteiger partial charge in [0.25, 0.3) is 0 Å². The second-order valence-electron chi connectivity index (χ2n) is 7.48. The average Bonchev–Trinajstić information content (AvgIpc) is 2.76. The predicted octanol–water partition coefficient (Wildman–Crippen LogP) is 9.84. The Balaban J connectivity index is -0.000000194. The molecule has 1 unspecified atom stereocenters. The first-order valence-corrected chi connectivity index (χ1v) is 11.3. The minimum atomic E-state index is -0.498. The van der Waals surface area contributed by atoms with Gasteiger partial charge in [0.1, 0.15) is 13.3 Å². The fourth-order valence-corrected chi connectivity index (χ4v) is 2.58. The highest BCUT2D eigenvalue weighted by Crippen LogP contribution is 2.22. The third kappa shape index (κ3) is 24.4. The molecule has 1 atom stereocenters. The second kappa shape index (κ2) is 27.4. The van der Waals surface area contributed by atoms with Gasteiger partial charge in [-0.25, -0.2) is 8.78 Å². The lowest BCUT2D eigenvalue weighted by Gasteiger charge is -2.16. The Morgan fingerprint density at radius 2 is 1.43 bits per heavy atom. The molecule has 0 spiro atoms. The molecule has 2 heteroatoms. The summed E-state index contributed by atoms with van der Waals surface area (Å²) in [7, 11) is 0. The highest BCUT2D eigenvalue weighted by atomic mass is 19.1. The number of hydrogen-bond acceptors (Lipinski definition) is 0. The largest absolute Gasteiger partial charge is 0.247 e. The Hall–Kier alpha value is -1.62. The highest BCUT2D eigenvalue weighted by Gasteiger charge is 2.08. The second-order valence-corrected chi connectivity index (χ2v) is 7.48. The van der Waals surface area contributed by atoms with Crippen molar-refractivity contribution in [2.45, 2.75) is 94.9 Å². The molecule has 0 amide bonds. The lowest BCUT2D eigenvalue weighted by atomic mass is 9.90. The van der Waals surface area contributed by atoms with Crippen LogP contribution in [0.1, 0.15) is 94.9 Å². The number of hydrogen-bond donors (Lipinski definition) is 0. The van der Waals surface area contributed by atoms with E-state index >= 15 is 0 Å². The molecular formula is C28H50F2. The molecule has 0 aliphatic carbocycles. The summed E-state index contributed by atoms with van der Waals surface area (Å²) < 4.78 is 24.3. The number of allylic oxidation sites excluding steroid dienone is 8. The molecule has 0 rings (SSSR count). The molecule has 0 saturated heterocycles. The summed E-state index contributed by atoms with van der Waals surface area (Å²) in [4.78, 5) is 0. The lowest BCUT2D eigenvalue weighted by molar-refractivity contribution is 0.457. The third-order valence-corrected chi connectivity index (χ3v) is 4.64. The minimum Gasteiger partial charge on any atom is -0.247 e. The number of terminal acetylenes is 1. The topological polar surface area (TPSA) is 0 Å². The van der Waals surface area contributed by atoms with Gasteiger partial charge in [0.2, 0.25) is 0 Å². The van der Waals surface area contributed by atoms with Crippen LogP contribution in [0.5, 0.6) is 0 Å². The number of alkyl halides is 2. The van der Waals surface area contributed by atoms with E-state index in [9.17, 15) is 8.78 Å². The molecule has 0 heterocycles. The summed E-state index contributed by atoms with van der Waals surface area (Å²) in [6.07, 6.45) is 20.2. The standard InChI is InChI=1S/C12H18F2.C12H24.C2H6.C2H2/c1-4-10(2)7-12(5-6-13)8-11(3)9-14;1-6-11(5)12(7-2)9-8-10(3)4;2*1-2/h4-5,8H,6-7,9H2,1-3H3;6,10,12H,7-9H2,1-5H3;1-2H3;1-2H/b10-4-,11-8-,12-5-;11-6+;;. The van der Waals surface area contributed by atoms with E-state index in [1.165, 1.54) is 25.3 Å². The van der Waals surface area contributed by atoms with Gasteiger partial charge in [0, 0.05) is 0 Å².